The van der Waals surface area contributed by atoms with Gasteiger partial charge in [-0.25, -0.2) is 57.5 Å². The molecule has 0 aromatic rings. The number of methoxy groups -OCH3 is 6. The van der Waals surface area contributed by atoms with Gasteiger partial charge in [0.15, 0.2) is 0 Å². The maximum absolute atomic E-state index is 14.4. The largest absolute Gasteiger partial charge is 0.467 e. The quantitative estimate of drug-likeness (QED) is 0.0643. The molecule has 12 N–H and O–H groups in total. The van der Waals surface area contributed by atoms with Crippen LogP contribution in [0.4, 0.5) is 28.8 Å². The van der Waals surface area contributed by atoms with Crippen molar-refractivity contribution in [3.63, 3.8) is 0 Å². The van der Waals surface area contributed by atoms with Crippen molar-refractivity contribution < 1.29 is 143 Å². The van der Waals surface area contributed by atoms with Crippen LogP contribution < -0.4 is 63.8 Å². The van der Waals surface area contributed by atoms with Crippen LogP contribution in [0.3, 0.4) is 0 Å². The summed E-state index contributed by atoms with van der Waals surface area (Å²) >= 11 is 0. The molecule has 1 aliphatic heterocycles. The Morgan fingerprint density at radius 1 is 0.214 bits per heavy atom. The Morgan fingerprint density at radius 3 is 0.413 bits per heavy atom. The summed E-state index contributed by atoms with van der Waals surface area (Å²) in [6.45, 7) is 28.1. The first-order chi connectivity index (χ1) is 58.4. The molecule has 0 aromatic carbocycles. The number of esters is 6. The Morgan fingerprint density at radius 2 is 0.317 bits per heavy atom. The monoisotopic (exact) mass is 2020 g/mol. The minimum atomic E-state index is -1.52. The van der Waals surface area contributed by atoms with Crippen LogP contribution in [-0.4, -0.2) is 326 Å². The van der Waals surface area contributed by atoms with Crippen LogP contribution in [0, 0.1) is 0 Å². The normalized spacial score (nSPS) is 23.3. The van der Waals surface area contributed by atoms with Crippen molar-refractivity contribution >= 4 is 237 Å². The van der Waals surface area contributed by atoms with Crippen molar-refractivity contribution in [2.75, 3.05) is 112 Å². The van der Waals surface area contributed by atoms with Gasteiger partial charge in [0.25, 0.3) is 0 Å². The molecule has 1 saturated heterocycles. The lowest BCUT2D eigenvalue weighted by molar-refractivity contribution is -0.144. The van der Waals surface area contributed by atoms with E-state index in [0.29, 0.717) is 0 Å². The number of rotatable bonds is 12. The lowest BCUT2D eigenvalue weighted by Gasteiger charge is -2.26. The zero-order chi connectivity index (χ0) is 96.3. The first-order valence-corrected chi connectivity index (χ1v) is 53.0. The number of hydrogen-bond donors (Lipinski definition) is 12. The van der Waals surface area contributed by atoms with E-state index >= 15 is 0 Å². The summed E-state index contributed by atoms with van der Waals surface area (Å²) < 4.78 is 62.9. The summed E-state index contributed by atoms with van der Waals surface area (Å²) in [6.07, 6.45) is -6.39. The van der Waals surface area contributed by atoms with E-state index in [1.54, 1.807) is 125 Å². The SMILES string of the molecule is COC(=O)[C@@H]1CSSC[C@@H](C(=O)OC)NC(=O)[C@@H](NC(=O)OC(C)(C)C)CSSC[C@H](NC(=O)OC(C)(C)C)C(=O)N[C@H](C(=O)OC)CSSC[C@@H](C(=O)OC)NC(=O)[C@@H](NC(=O)OC(C)(C)C)CSSC[C@H](NC(=O)OC(C)(C)C)C(=O)N[C@H](C(=O)OC)CSSC[C@@H](C(=O)OC)NC(=O)[C@@H](NC(=O)OC(C)(C)C)CSSC[C@H](NC(=O)OC(C)(C)C)C(=O)N1. The molecule has 0 unspecified atom stereocenters. The van der Waals surface area contributed by atoms with Crippen molar-refractivity contribution in [3.8, 4) is 0 Å². The third kappa shape index (κ3) is 52.9. The Bertz CT molecular complexity index is 3060. The third-order valence-corrected chi connectivity index (χ3v) is 28.7. The summed E-state index contributed by atoms with van der Waals surface area (Å²) in [5, 5.41) is 30.2. The van der Waals surface area contributed by atoms with Crippen LogP contribution in [0.5, 0.6) is 0 Å². The zero-order valence-corrected chi connectivity index (χ0v) is 84.4. The molecule has 126 heavy (non-hydrogen) atoms. The maximum Gasteiger partial charge on any atom is 0.408 e. The number of carbonyl (C=O) groups is 18. The first kappa shape index (κ1) is 117. The second-order valence-corrected chi connectivity index (χ2v) is 47.4. The van der Waals surface area contributed by atoms with Gasteiger partial charge in [-0.2, -0.15) is 0 Å². The van der Waals surface area contributed by atoms with E-state index in [1.807, 2.05) is 0 Å². The Hall–Kier alpha value is -6.54. The summed E-state index contributed by atoms with van der Waals surface area (Å²) in [4.78, 5) is 247. The Balaban J connectivity index is 4.25. The second-order valence-electron chi connectivity index (χ2n) is 32.1. The number of carbonyl (C=O) groups excluding carboxylic acids is 18. The average molecular weight is 2020 g/mol. The molecule has 42 nitrogen and oxygen atoms in total. The molecule has 0 aromatic heterocycles. The number of amides is 12. The van der Waals surface area contributed by atoms with Crippen LogP contribution in [0.2, 0.25) is 0 Å². The van der Waals surface area contributed by atoms with Crippen molar-refractivity contribution in [1.29, 1.82) is 0 Å². The molecule has 1 heterocycles. The predicted octanol–water partition coefficient (Wildman–Crippen LogP) is 5.60. The van der Waals surface area contributed by atoms with Crippen molar-refractivity contribution in [1.82, 2.24) is 63.8 Å². The molecule has 54 heteroatoms. The standard InChI is InChI=1S/C72H120N12O30S12/c1-67(2,3)109-61(97)79-37-25-115-116-26-38(80-62(98)110-68(4,5)6)50(86)74-45(57(93)105-21)33-123-124-34-46(58(94)106-22)76-52(88)41(83-65(101)113-71(13,14)15)29-119-120-30-42(84-66(102)114-72(16,17)18)54(90)78-48(60(96)108-24)36-126-125-35-47(59(95)107-23)77-53(89)40(82-64(100)112-70(10,11)12)28-118-117-27-39(81-63(99)111-69(7,8)9)51(87)75-44(56(92)104-20)32-122-121-31-43(55(91)103-19)73-49(37)85/h37-48H,25-36H2,1-24H3,(H,73,85)(H,74,86)(H,75,87)(H,76,88)(H,77,89)(H,78,90)(H,79,97)(H,80,98)(H,81,99)(H,82,100)(H,83,101)(H,84,102)/t37-,38-,39-,40-,41-,42-,43-,44-,45-,46-,47-,48-/m0/s1. The van der Waals surface area contributed by atoms with Gasteiger partial charge < -0.3 is 121 Å². The number of ether oxygens (including phenoxy) is 12. The maximum atomic E-state index is 14.4. The fraction of sp³-hybridized carbons (Fsp3) is 0.750. The van der Waals surface area contributed by atoms with Gasteiger partial charge in [-0.1, -0.05) is 130 Å². The molecule has 0 radical (unpaired) electrons. The van der Waals surface area contributed by atoms with Gasteiger partial charge in [0.05, 0.1) is 42.7 Å². The third-order valence-electron chi connectivity index (χ3n) is 14.2. The van der Waals surface area contributed by atoms with E-state index in [4.69, 9.17) is 56.8 Å². The Labute approximate surface area is 780 Å². The molecule has 12 amide bonds. The van der Waals surface area contributed by atoms with Crippen LogP contribution in [0.15, 0.2) is 0 Å². The highest BCUT2D eigenvalue weighted by atomic mass is 33.1. The lowest BCUT2D eigenvalue weighted by Crippen LogP contribution is -2.55. The van der Waals surface area contributed by atoms with Crippen LogP contribution in [0.25, 0.3) is 0 Å². The molecule has 1 aliphatic rings. The summed E-state index contributed by atoms with van der Waals surface area (Å²) in [7, 11) is 17.2. The van der Waals surface area contributed by atoms with Gasteiger partial charge in [-0.05, 0) is 125 Å². The van der Waals surface area contributed by atoms with Gasteiger partial charge in [0.1, 0.15) is 106 Å². The highest BCUT2D eigenvalue weighted by Crippen LogP contribution is 2.31. The van der Waals surface area contributed by atoms with Gasteiger partial charge in [-0.3, -0.25) is 28.8 Å². The number of nitrogens with one attached hydrogen (secondary N) is 12. The van der Waals surface area contributed by atoms with Crippen LogP contribution >= 0.6 is 130 Å². The minimum Gasteiger partial charge on any atom is -0.467 e. The summed E-state index contributed by atoms with van der Waals surface area (Å²) in [5.41, 5.74) is -6.52. The molecular formula is C72H120N12O30S12. The topological polar surface area (TPSA) is 562 Å². The molecule has 0 spiro atoms. The minimum absolute atomic E-state index is 0.286. The average Bonchev–Trinajstić information content (AvgIpc) is 0.886. The van der Waals surface area contributed by atoms with E-state index in [0.717, 1.165) is 172 Å². The molecule has 0 bridgehead atoms. The molecule has 0 aliphatic carbocycles. The van der Waals surface area contributed by atoms with E-state index in [-0.39, 0.29) is 69.0 Å². The van der Waals surface area contributed by atoms with Crippen LogP contribution in [-0.2, 0) is 114 Å². The van der Waals surface area contributed by atoms with Crippen LogP contribution in [0.1, 0.15) is 125 Å². The van der Waals surface area contributed by atoms with Crippen molar-refractivity contribution in [2.45, 2.75) is 231 Å². The molecule has 720 valence electrons. The van der Waals surface area contributed by atoms with Gasteiger partial charge in [0, 0.05) is 69.0 Å². The first-order valence-electron chi connectivity index (χ1n) is 38.1. The lowest BCUT2D eigenvalue weighted by atomic mass is 10.2. The van der Waals surface area contributed by atoms with Crippen molar-refractivity contribution in [2.24, 2.45) is 0 Å². The van der Waals surface area contributed by atoms with E-state index in [9.17, 15) is 86.3 Å². The smallest absolute Gasteiger partial charge is 0.408 e. The highest BCUT2D eigenvalue weighted by Gasteiger charge is 2.39. The zero-order valence-electron chi connectivity index (χ0n) is 74.6. The number of hydrogen-bond acceptors (Lipinski definition) is 42. The highest BCUT2D eigenvalue weighted by molar-refractivity contribution is 8.78. The fourth-order valence-corrected chi connectivity index (χ4v) is 22.6. The van der Waals surface area contributed by atoms with Gasteiger partial charge >= 0.3 is 72.4 Å². The van der Waals surface area contributed by atoms with Crippen molar-refractivity contribution in [3.05, 3.63) is 0 Å². The van der Waals surface area contributed by atoms with E-state index < -0.39 is 214 Å². The van der Waals surface area contributed by atoms with Gasteiger partial charge in [-0.15, -0.1) is 0 Å². The van der Waals surface area contributed by atoms with Gasteiger partial charge in [0.2, 0.25) is 35.4 Å². The second kappa shape index (κ2) is 58.3. The molecule has 0 saturated carbocycles. The molecule has 1 rings (SSSR count). The molecular weight excluding hydrogens is 1900 g/mol. The summed E-state index contributed by atoms with van der Waals surface area (Å²) in [5.74, 6) is -15.2. The molecule has 1 fully saturated rings. The van der Waals surface area contributed by atoms with E-state index in [1.165, 1.54) is 0 Å². The Kier molecular flexibility index (Phi) is 54.3. The fourth-order valence-electron chi connectivity index (χ4n) is 8.69. The summed E-state index contributed by atoms with van der Waals surface area (Å²) in [6, 6.07) is -17.9. The van der Waals surface area contributed by atoms with E-state index in [2.05, 4.69) is 63.8 Å². The predicted molar refractivity (Wildman–Crippen MR) is 492 cm³/mol. The number of alkyl carbamates (subject to hydrolysis) is 6. The molecule has 12 atom stereocenters.